The van der Waals surface area contributed by atoms with Gasteiger partial charge in [-0.15, -0.1) is 0 Å². The second kappa shape index (κ2) is 7.17. The summed E-state index contributed by atoms with van der Waals surface area (Å²) >= 11 is 0. The number of nitrogens with two attached hydrogens (primary N) is 2. The first-order valence-electron chi connectivity index (χ1n) is 8.06. The molecule has 2 fully saturated rings. The number of ether oxygens (including phenoxy) is 1. The van der Waals surface area contributed by atoms with Crippen LogP contribution in [0.2, 0.25) is 0 Å². The van der Waals surface area contributed by atoms with Gasteiger partial charge in [0.25, 0.3) is 0 Å². The van der Waals surface area contributed by atoms with Gasteiger partial charge in [-0.3, -0.25) is 0 Å². The summed E-state index contributed by atoms with van der Waals surface area (Å²) in [6, 6.07) is 0.213. The lowest BCUT2D eigenvalue weighted by Gasteiger charge is -2.39. The summed E-state index contributed by atoms with van der Waals surface area (Å²) in [5.74, 6) is -2.11. The van der Waals surface area contributed by atoms with Crippen molar-refractivity contribution in [1.29, 1.82) is 0 Å². The summed E-state index contributed by atoms with van der Waals surface area (Å²) < 4.78 is 42.6. The first-order valence-corrected chi connectivity index (χ1v) is 8.06. The predicted octanol–water partition coefficient (Wildman–Crippen LogP) is 2.50. The molecule has 22 heavy (non-hydrogen) atoms. The highest BCUT2D eigenvalue weighted by atomic mass is 19.4. The Hall–Kier alpha value is -0.820. The van der Waals surface area contributed by atoms with Crippen molar-refractivity contribution >= 4 is 5.97 Å². The van der Waals surface area contributed by atoms with Crippen molar-refractivity contribution in [2.45, 2.75) is 75.7 Å². The number of rotatable bonds is 3. The Kier molecular flexibility index (Phi) is 5.71. The van der Waals surface area contributed by atoms with E-state index in [1.165, 1.54) is 0 Å². The average Bonchev–Trinajstić information content (AvgIpc) is 2.46. The van der Waals surface area contributed by atoms with Gasteiger partial charge < -0.3 is 16.2 Å². The summed E-state index contributed by atoms with van der Waals surface area (Å²) in [6.45, 7) is 0. The van der Waals surface area contributed by atoms with E-state index < -0.39 is 18.2 Å². The highest BCUT2D eigenvalue weighted by molar-refractivity contribution is 5.75. The lowest BCUT2D eigenvalue weighted by Crippen LogP contribution is -2.43. The lowest BCUT2D eigenvalue weighted by molar-refractivity contribution is -0.211. The molecule has 0 saturated heterocycles. The number of hydrogen-bond acceptors (Lipinski definition) is 4. The van der Waals surface area contributed by atoms with Crippen molar-refractivity contribution in [3.63, 3.8) is 0 Å². The number of carbonyl (C=O) groups is 1. The van der Waals surface area contributed by atoms with Gasteiger partial charge in [0.05, 0.1) is 0 Å². The maximum absolute atomic E-state index is 12.6. The molecule has 2 aliphatic rings. The Bertz CT molecular complexity index is 351. The third kappa shape index (κ3) is 4.59. The second-order valence-electron chi connectivity index (χ2n) is 6.72. The molecule has 128 valence electrons. The molecule has 0 spiro atoms. The highest BCUT2D eigenvalue weighted by Crippen LogP contribution is 2.38. The highest BCUT2D eigenvalue weighted by Gasteiger charge is 2.45. The van der Waals surface area contributed by atoms with E-state index in [1.807, 2.05) is 0 Å². The SMILES string of the molecule is NC1CCC(C(OC(=O)C(F)(F)F)C2CCC(N)CC2)CC1. The second-order valence-corrected chi connectivity index (χ2v) is 6.72. The van der Waals surface area contributed by atoms with Crippen molar-refractivity contribution in [3.8, 4) is 0 Å². The van der Waals surface area contributed by atoms with Crippen LogP contribution in [0.3, 0.4) is 0 Å². The molecule has 0 aromatic rings. The number of alkyl halides is 3. The fraction of sp³-hybridized carbons (Fsp3) is 0.933. The predicted molar refractivity (Wildman–Crippen MR) is 75.8 cm³/mol. The Labute approximate surface area is 128 Å². The number of esters is 1. The molecule has 0 heterocycles. The van der Waals surface area contributed by atoms with E-state index >= 15 is 0 Å². The quantitative estimate of drug-likeness (QED) is 0.783. The van der Waals surface area contributed by atoms with Crippen LogP contribution in [0.1, 0.15) is 51.4 Å². The van der Waals surface area contributed by atoms with Crippen LogP contribution >= 0.6 is 0 Å². The molecule has 2 rings (SSSR count). The zero-order valence-corrected chi connectivity index (χ0v) is 12.6. The van der Waals surface area contributed by atoms with Crippen molar-refractivity contribution in [1.82, 2.24) is 0 Å². The van der Waals surface area contributed by atoms with Crippen LogP contribution in [0.4, 0.5) is 13.2 Å². The van der Waals surface area contributed by atoms with Gasteiger partial charge in [-0.25, -0.2) is 4.79 Å². The largest absolute Gasteiger partial charge is 0.490 e. The minimum absolute atomic E-state index is 0.0228. The maximum Gasteiger partial charge on any atom is 0.490 e. The van der Waals surface area contributed by atoms with Gasteiger partial charge >= 0.3 is 12.1 Å². The van der Waals surface area contributed by atoms with Crippen LogP contribution in [-0.2, 0) is 9.53 Å². The molecular formula is C15H25F3N2O2. The summed E-state index contributed by atoms with van der Waals surface area (Å²) in [7, 11) is 0. The molecule has 0 bridgehead atoms. The molecule has 0 atom stereocenters. The first-order chi connectivity index (χ1) is 10.3. The molecule has 2 saturated carbocycles. The van der Waals surface area contributed by atoms with Crippen LogP contribution in [0.25, 0.3) is 0 Å². The van der Waals surface area contributed by atoms with Crippen LogP contribution in [-0.4, -0.2) is 30.3 Å². The van der Waals surface area contributed by atoms with Gasteiger partial charge in [-0.1, -0.05) is 0 Å². The van der Waals surface area contributed by atoms with E-state index in [-0.39, 0.29) is 23.9 Å². The molecule has 2 aliphatic carbocycles. The Morgan fingerprint density at radius 2 is 1.23 bits per heavy atom. The minimum atomic E-state index is -4.94. The lowest BCUT2D eigenvalue weighted by atomic mass is 9.73. The summed E-state index contributed by atoms with van der Waals surface area (Å²) in [5, 5.41) is 0. The molecule has 0 unspecified atom stereocenters. The van der Waals surface area contributed by atoms with Crippen LogP contribution < -0.4 is 11.5 Å². The van der Waals surface area contributed by atoms with Crippen molar-refractivity contribution < 1.29 is 22.7 Å². The summed E-state index contributed by atoms with van der Waals surface area (Å²) in [6.07, 6.45) is 0.392. The van der Waals surface area contributed by atoms with Gasteiger partial charge in [-0.2, -0.15) is 13.2 Å². The van der Waals surface area contributed by atoms with Crippen LogP contribution in [0.15, 0.2) is 0 Å². The standard InChI is InChI=1S/C15H25F3N2O2/c16-15(17,18)14(21)22-13(9-1-5-11(19)6-2-9)10-3-7-12(20)8-4-10/h9-13H,1-8,19-20H2. The smallest absolute Gasteiger partial charge is 0.455 e. The van der Waals surface area contributed by atoms with E-state index in [9.17, 15) is 18.0 Å². The molecule has 7 heteroatoms. The van der Waals surface area contributed by atoms with Gasteiger partial charge in [0.2, 0.25) is 0 Å². The van der Waals surface area contributed by atoms with Gasteiger partial charge in [0.15, 0.2) is 0 Å². The number of carbonyl (C=O) groups excluding carboxylic acids is 1. The van der Waals surface area contributed by atoms with Gasteiger partial charge in [-0.05, 0) is 63.2 Å². The maximum atomic E-state index is 12.6. The fourth-order valence-electron chi connectivity index (χ4n) is 3.71. The third-order valence-electron chi connectivity index (χ3n) is 5.04. The van der Waals surface area contributed by atoms with E-state index in [2.05, 4.69) is 0 Å². The van der Waals surface area contributed by atoms with Crippen molar-refractivity contribution in [2.24, 2.45) is 23.3 Å². The summed E-state index contributed by atoms with van der Waals surface area (Å²) in [5.41, 5.74) is 11.7. The van der Waals surface area contributed by atoms with Gasteiger partial charge in [0, 0.05) is 12.1 Å². The average molecular weight is 322 g/mol. The zero-order chi connectivity index (χ0) is 16.3. The molecule has 4 nitrogen and oxygen atoms in total. The van der Waals surface area contributed by atoms with Crippen LogP contribution in [0.5, 0.6) is 0 Å². The van der Waals surface area contributed by atoms with Crippen molar-refractivity contribution in [2.75, 3.05) is 0 Å². The fourth-order valence-corrected chi connectivity index (χ4v) is 3.71. The number of halogens is 3. The molecule has 0 aromatic carbocycles. The molecule has 0 aromatic heterocycles. The Morgan fingerprint density at radius 3 is 1.55 bits per heavy atom. The van der Waals surface area contributed by atoms with E-state index in [4.69, 9.17) is 16.2 Å². The Morgan fingerprint density at radius 1 is 0.864 bits per heavy atom. The normalized spacial score (nSPS) is 35.0. The molecular weight excluding hydrogens is 297 g/mol. The Balaban J connectivity index is 2.05. The number of hydrogen-bond donors (Lipinski definition) is 2. The molecule has 0 radical (unpaired) electrons. The summed E-state index contributed by atoms with van der Waals surface area (Å²) in [4.78, 5) is 11.3. The van der Waals surface area contributed by atoms with Gasteiger partial charge in [0.1, 0.15) is 6.10 Å². The topological polar surface area (TPSA) is 78.3 Å². The van der Waals surface area contributed by atoms with E-state index in [1.54, 1.807) is 0 Å². The molecule has 0 amide bonds. The molecule has 0 aliphatic heterocycles. The van der Waals surface area contributed by atoms with E-state index in [0.29, 0.717) is 0 Å². The van der Waals surface area contributed by atoms with E-state index in [0.717, 1.165) is 51.4 Å². The van der Waals surface area contributed by atoms with Crippen LogP contribution in [0, 0.1) is 11.8 Å². The minimum Gasteiger partial charge on any atom is -0.455 e. The third-order valence-corrected chi connectivity index (χ3v) is 5.04. The zero-order valence-electron chi connectivity index (χ0n) is 12.6. The molecule has 4 N–H and O–H groups in total. The van der Waals surface area contributed by atoms with Crippen molar-refractivity contribution in [3.05, 3.63) is 0 Å². The first kappa shape index (κ1) is 17.5. The monoisotopic (exact) mass is 322 g/mol.